The molecule has 5 nitrogen and oxygen atoms in total. The van der Waals surface area contributed by atoms with Gasteiger partial charge in [-0.05, 0) is 42.7 Å². The molecular formula is C22H26FN3O2. The zero-order valence-electron chi connectivity index (χ0n) is 16.0. The van der Waals surface area contributed by atoms with Crippen LogP contribution in [0.25, 0.3) is 0 Å². The average molecular weight is 383 g/mol. The number of hydrogen-bond donors (Lipinski definition) is 0. The molecular weight excluding hydrogens is 357 g/mol. The van der Waals surface area contributed by atoms with E-state index in [1.165, 1.54) is 17.7 Å². The second kappa shape index (κ2) is 8.37. The Morgan fingerprint density at radius 2 is 2.04 bits per heavy atom. The summed E-state index contributed by atoms with van der Waals surface area (Å²) in [4.78, 5) is 21.2. The Labute approximate surface area is 165 Å². The van der Waals surface area contributed by atoms with Crippen molar-refractivity contribution in [2.75, 3.05) is 39.4 Å². The van der Waals surface area contributed by atoms with Crippen molar-refractivity contribution in [2.24, 2.45) is 5.41 Å². The molecule has 148 valence electrons. The molecule has 2 aliphatic heterocycles. The van der Waals surface area contributed by atoms with Gasteiger partial charge < -0.3 is 9.64 Å². The Bertz CT molecular complexity index is 806. The summed E-state index contributed by atoms with van der Waals surface area (Å²) in [6.07, 6.45) is 5.51. The lowest BCUT2D eigenvalue weighted by molar-refractivity contribution is 0.0145. The van der Waals surface area contributed by atoms with E-state index in [4.69, 9.17) is 4.74 Å². The summed E-state index contributed by atoms with van der Waals surface area (Å²) in [7, 11) is 0. The summed E-state index contributed by atoms with van der Waals surface area (Å²) >= 11 is 0. The van der Waals surface area contributed by atoms with Crippen molar-refractivity contribution in [1.82, 2.24) is 14.8 Å². The quantitative estimate of drug-likeness (QED) is 0.818. The number of carbonyl (C=O) groups is 1. The highest BCUT2D eigenvalue weighted by Gasteiger charge is 2.39. The molecule has 0 aliphatic carbocycles. The van der Waals surface area contributed by atoms with Crippen LogP contribution in [0.1, 0.15) is 28.8 Å². The minimum atomic E-state index is -0.373. The van der Waals surface area contributed by atoms with Crippen LogP contribution in [0.2, 0.25) is 0 Å². The largest absolute Gasteiger partial charge is 0.379 e. The molecule has 6 heteroatoms. The number of likely N-dealkylation sites (tertiary alicyclic amines) is 1. The summed E-state index contributed by atoms with van der Waals surface area (Å²) < 4.78 is 19.4. The van der Waals surface area contributed by atoms with Gasteiger partial charge in [0.05, 0.1) is 13.2 Å². The molecule has 0 N–H and O–H groups in total. The molecule has 2 aliphatic rings. The van der Waals surface area contributed by atoms with Crippen molar-refractivity contribution in [2.45, 2.75) is 19.4 Å². The first-order chi connectivity index (χ1) is 13.6. The van der Waals surface area contributed by atoms with Crippen molar-refractivity contribution in [3.63, 3.8) is 0 Å². The summed E-state index contributed by atoms with van der Waals surface area (Å²) in [5, 5.41) is 0. The highest BCUT2D eigenvalue weighted by Crippen LogP contribution is 2.35. The number of pyridine rings is 1. The first kappa shape index (κ1) is 19.0. The Hall–Kier alpha value is -2.31. The Morgan fingerprint density at radius 1 is 1.18 bits per heavy atom. The smallest absolute Gasteiger partial charge is 0.253 e. The van der Waals surface area contributed by atoms with Crippen molar-refractivity contribution >= 4 is 5.91 Å². The van der Waals surface area contributed by atoms with E-state index in [2.05, 4.69) is 16.0 Å². The van der Waals surface area contributed by atoms with Crippen LogP contribution in [0, 0.1) is 11.2 Å². The van der Waals surface area contributed by atoms with E-state index >= 15 is 0 Å². The number of amides is 1. The van der Waals surface area contributed by atoms with Crippen molar-refractivity contribution in [3.05, 3.63) is 65.7 Å². The van der Waals surface area contributed by atoms with Crippen LogP contribution in [0.15, 0.2) is 48.8 Å². The third kappa shape index (κ3) is 4.39. The summed E-state index contributed by atoms with van der Waals surface area (Å²) in [6.45, 7) is 5.56. The molecule has 2 saturated heterocycles. The molecule has 1 aromatic carbocycles. The Balaban J connectivity index is 1.39. The summed E-state index contributed by atoms with van der Waals surface area (Å²) in [6, 6.07) is 10.0. The van der Waals surface area contributed by atoms with Gasteiger partial charge in [0.1, 0.15) is 5.82 Å². The van der Waals surface area contributed by atoms with E-state index in [1.807, 2.05) is 17.2 Å². The van der Waals surface area contributed by atoms with Crippen LogP contribution in [-0.2, 0) is 11.3 Å². The van der Waals surface area contributed by atoms with Crippen LogP contribution in [0.5, 0.6) is 0 Å². The average Bonchev–Trinajstić information content (AvgIpc) is 2.91. The van der Waals surface area contributed by atoms with Crippen molar-refractivity contribution in [3.8, 4) is 0 Å². The van der Waals surface area contributed by atoms with Gasteiger partial charge in [-0.1, -0.05) is 12.1 Å². The number of carbonyl (C=O) groups excluding carboxylic acids is 1. The normalized spacial score (nSPS) is 20.1. The minimum absolute atomic E-state index is 0.0669. The number of halogens is 1. The number of aromatic nitrogens is 1. The van der Waals surface area contributed by atoms with Crippen molar-refractivity contribution in [1.29, 1.82) is 0 Å². The molecule has 0 bridgehead atoms. The molecule has 1 aromatic heterocycles. The van der Waals surface area contributed by atoms with E-state index in [1.54, 1.807) is 18.3 Å². The second-order valence-electron chi connectivity index (χ2n) is 7.93. The second-order valence-corrected chi connectivity index (χ2v) is 7.93. The fraction of sp³-hybridized carbons (Fsp3) is 0.455. The molecule has 2 aromatic rings. The maximum atomic E-state index is 13.5. The topological polar surface area (TPSA) is 45.7 Å². The molecule has 0 unspecified atom stereocenters. The number of hydrogen-bond acceptors (Lipinski definition) is 4. The SMILES string of the molecule is O=C(c1cccc(F)c1)N1CCC2(CC1)COCCN(Cc1cccnc1)C2. The number of benzene rings is 1. The predicted octanol–water partition coefficient (Wildman–Crippen LogP) is 2.98. The number of nitrogens with zero attached hydrogens (tertiary/aromatic N) is 3. The van der Waals surface area contributed by atoms with Gasteiger partial charge in [-0.3, -0.25) is 14.7 Å². The number of piperidine rings is 1. The van der Waals surface area contributed by atoms with Gasteiger partial charge in [0.2, 0.25) is 0 Å². The number of ether oxygens (including phenoxy) is 1. The monoisotopic (exact) mass is 383 g/mol. The van der Waals surface area contributed by atoms with E-state index in [9.17, 15) is 9.18 Å². The summed E-state index contributed by atoms with van der Waals surface area (Å²) in [5.41, 5.74) is 1.70. The van der Waals surface area contributed by atoms with Gasteiger partial charge in [-0.25, -0.2) is 4.39 Å². The fourth-order valence-corrected chi connectivity index (χ4v) is 4.26. The standard InChI is InChI=1S/C22H26FN3O2/c23-20-5-1-4-19(13-20)21(27)26-9-6-22(7-10-26)16-25(11-12-28-17-22)15-18-3-2-8-24-14-18/h1-5,8,13-14H,6-7,9-12,15-17H2. The van der Waals surface area contributed by atoms with Crippen LogP contribution < -0.4 is 0 Å². The van der Waals surface area contributed by atoms with Crippen LogP contribution >= 0.6 is 0 Å². The van der Waals surface area contributed by atoms with Gasteiger partial charge in [-0.15, -0.1) is 0 Å². The lowest BCUT2D eigenvalue weighted by Gasteiger charge is -2.42. The van der Waals surface area contributed by atoms with E-state index < -0.39 is 0 Å². The maximum Gasteiger partial charge on any atom is 0.253 e. The van der Waals surface area contributed by atoms with Gasteiger partial charge in [0.15, 0.2) is 0 Å². The highest BCUT2D eigenvalue weighted by atomic mass is 19.1. The molecule has 0 atom stereocenters. The maximum absolute atomic E-state index is 13.5. The third-order valence-corrected chi connectivity index (χ3v) is 5.83. The molecule has 0 saturated carbocycles. The van der Waals surface area contributed by atoms with Crippen LogP contribution in [0.3, 0.4) is 0 Å². The molecule has 3 heterocycles. The molecule has 4 rings (SSSR count). The van der Waals surface area contributed by atoms with E-state index in [0.717, 1.165) is 45.7 Å². The number of rotatable bonds is 3. The molecule has 2 fully saturated rings. The lowest BCUT2D eigenvalue weighted by Crippen LogP contribution is -2.48. The van der Waals surface area contributed by atoms with Crippen LogP contribution in [0.4, 0.5) is 4.39 Å². The molecule has 28 heavy (non-hydrogen) atoms. The van der Waals surface area contributed by atoms with E-state index in [0.29, 0.717) is 18.7 Å². The third-order valence-electron chi connectivity index (χ3n) is 5.83. The zero-order chi connectivity index (χ0) is 19.4. The van der Waals surface area contributed by atoms with Gasteiger partial charge in [0.25, 0.3) is 5.91 Å². The fourth-order valence-electron chi connectivity index (χ4n) is 4.26. The predicted molar refractivity (Wildman–Crippen MR) is 104 cm³/mol. The molecule has 1 amide bonds. The van der Waals surface area contributed by atoms with Gasteiger partial charge >= 0.3 is 0 Å². The van der Waals surface area contributed by atoms with E-state index in [-0.39, 0.29) is 17.1 Å². The highest BCUT2D eigenvalue weighted by molar-refractivity contribution is 5.94. The first-order valence-electron chi connectivity index (χ1n) is 9.87. The van der Waals surface area contributed by atoms with Gasteiger partial charge in [-0.2, -0.15) is 0 Å². The lowest BCUT2D eigenvalue weighted by atomic mass is 9.78. The Morgan fingerprint density at radius 3 is 2.79 bits per heavy atom. The minimum Gasteiger partial charge on any atom is -0.379 e. The van der Waals surface area contributed by atoms with Gasteiger partial charge in [0, 0.05) is 56.1 Å². The van der Waals surface area contributed by atoms with Crippen molar-refractivity contribution < 1.29 is 13.9 Å². The zero-order valence-corrected chi connectivity index (χ0v) is 16.0. The first-order valence-corrected chi connectivity index (χ1v) is 9.87. The summed E-state index contributed by atoms with van der Waals surface area (Å²) in [5.74, 6) is -0.460. The molecule has 1 spiro atoms. The Kier molecular flexibility index (Phi) is 5.69. The molecule has 0 radical (unpaired) electrons. The van der Waals surface area contributed by atoms with Crippen LogP contribution in [-0.4, -0.2) is 60.1 Å².